The molecule has 2 rings (SSSR count). The Morgan fingerprint density at radius 3 is 1.94 bits per heavy atom. The number of ether oxygens (including phenoxy) is 1. The summed E-state index contributed by atoms with van der Waals surface area (Å²) in [6.45, 7) is 11.6. The van der Waals surface area contributed by atoms with Gasteiger partial charge in [-0.05, 0) is 35.4 Å². The Kier molecular flexibility index (Phi) is 3.18. The lowest BCUT2D eigenvalue weighted by molar-refractivity contribution is 0.414. The maximum Gasteiger partial charge on any atom is 0.118 e. The van der Waals surface area contributed by atoms with Crippen molar-refractivity contribution in [2.45, 2.75) is 46.7 Å². The summed E-state index contributed by atoms with van der Waals surface area (Å²) < 4.78 is 5.19. The first-order valence-corrected chi connectivity index (χ1v) is 6.70. The van der Waals surface area contributed by atoms with Gasteiger partial charge in [-0.25, -0.2) is 0 Å². The van der Waals surface area contributed by atoms with Crippen molar-refractivity contribution in [1.82, 2.24) is 5.32 Å². The monoisotopic (exact) mass is 247 g/mol. The van der Waals surface area contributed by atoms with E-state index in [9.17, 15) is 0 Å². The molecule has 1 saturated carbocycles. The SMILES string of the molecule is COc1ccc(C(C)NC2C(C)(C)C2(C)C)cc1. The quantitative estimate of drug-likeness (QED) is 0.874. The van der Waals surface area contributed by atoms with Crippen LogP contribution in [0.1, 0.15) is 46.2 Å². The van der Waals surface area contributed by atoms with E-state index in [0.29, 0.717) is 22.9 Å². The lowest BCUT2D eigenvalue weighted by Gasteiger charge is -2.16. The van der Waals surface area contributed by atoms with E-state index in [2.05, 4.69) is 52.1 Å². The second kappa shape index (κ2) is 4.27. The fourth-order valence-electron chi connectivity index (χ4n) is 2.85. The second-order valence-corrected chi connectivity index (χ2v) is 6.54. The molecule has 1 aromatic carbocycles. The van der Waals surface area contributed by atoms with Crippen molar-refractivity contribution in [3.8, 4) is 5.75 Å². The predicted molar refractivity (Wildman–Crippen MR) is 75.9 cm³/mol. The summed E-state index contributed by atoms with van der Waals surface area (Å²) >= 11 is 0. The highest BCUT2D eigenvalue weighted by molar-refractivity contribution is 5.29. The normalized spacial score (nSPS) is 22.6. The van der Waals surface area contributed by atoms with Gasteiger partial charge in [-0.1, -0.05) is 39.8 Å². The molecule has 0 amide bonds. The van der Waals surface area contributed by atoms with Gasteiger partial charge in [0.25, 0.3) is 0 Å². The van der Waals surface area contributed by atoms with Crippen LogP contribution in [0.5, 0.6) is 5.75 Å². The fourth-order valence-corrected chi connectivity index (χ4v) is 2.85. The van der Waals surface area contributed by atoms with Gasteiger partial charge >= 0.3 is 0 Å². The summed E-state index contributed by atoms with van der Waals surface area (Å²) in [5.74, 6) is 0.915. The third-order valence-corrected chi connectivity index (χ3v) is 5.05. The first-order chi connectivity index (χ1) is 8.30. The van der Waals surface area contributed by atoms with Crippen molar-refractivity contribution in [1.29, 1.82) is 0 Å². The number of hydrogen-bond donors (Lipinski definition) is 1. The van der Waals surface area contributed by atoms with Crippen molar-refractivity contribution < 1.29 is 4.74 Å². The van der Waals surface area contributed by atoms with Crippen molar-refractivity contribution in [3.63, 3.8) is 0 Å². The van der Waals surface area contributed by atoms with Crippen LogP contribution < -0.4 is 10.1 Å². The van der Waals surface area contributed by atoms with Gasteiger partial charge in [0.2, 0.25) is 0 Å². The van der Waals surface area contributed by atoms with E-state index in [1.807, 2.05) is 12.1 Å². The van der Waals surface area contributed by atoms with E-state index in [4.69, 9.17) is 4.74 Å². The van der Waals surface area contributed by atoms with E-state index in [1.54, 1.807) is 7.11 Å². The number of nitrogens with one attached hydrogen (secondary N) is 1. The van der Waals surface area contributed by atoms with Gasteiger partial charge in [0.1, 0.15) is 5.75 Å². The Hall–Kier alpha value is -1.02. The van der Waals surface area contributed by atoms with Gasteiger partial charge in [-0.2, -0.15) is 0 Å². The van der Waals surface area contributed by atoms with Gasteiger partial charge in [0.05, 0.1) is 7.11 Å². The van der Waals surface area contributed by atoms with E-state index >= 15 is 0 Å². The van der Waals surface area contributed by atoms with E-state index in [1.165, 1.54) is 5.56 Å². The topological polar surface area (TPSA) is 21.3 Å². The summed E-state index contributed by atoms with van der Waals surface area (Å²) in [5, 5.41) is 3.75. The Bertz CT molecular complexity index is 405. The molecule has 0 aliphatic heterocycles. The maximum absolute atomic E-state index is 5.19. The number of rotatable bonds is 4. The van der Waals surface area contributed by atoms with Crippen LogP contribution in [-0.2, 0) is 0 Å². The van der Waals surface area contributed by atoms with Crippen LogP contribution in [0, 0.1) is 10.8 Å². The summed E-state index contributed by atoms with van der Waals surface area (Å²) in [6, 6.07) is 9.29. The lowest BCUT2D eigenvalue weighted by Crippen LogP contribution is -2.25. The number of benzene rings is 1. The van der Waals surface area contributed by atoms with E-state index in [0.717, 1.165) is 5.75 Å². The molecule has 1 aliphatic carbocycles. The van der Waals surface area contributed by atoms with Gasteiger partial charge < -0.3 is 10.1 Å². The number of methoxy groups -OCH3 is 1. The first kappa shape index (κ1) is 13.4. The molecule has 0 saturated heterocycles. The standard InChI is InChI=1S/C16H25NO/c1-11(12-7-9-13(18-6)10-8-12)17-14-15(2,3)16(14,4)5/h7-11,14,17H,1-6H3. The van der Waals surface area contributed by atoms with Crippen molar-refractivity contribution >= 4 is 0 Å². The van der Waals surface area contributed by atoms with Crippen LogP contribution in [0.25, 0.3) is 0 Å². The second-order valence-electron chi connectivity index (χ2n) is 6.54. The molecule has 1 N–H and O–H groups in total. The van der Waals surface area contributed by atoms with E-state index < -0.39 is 0 Å². The molecule has 0 radical (unpaired) electrons. The molecule has 1 aliphatic rings. The third-order valence-electron chi connectivity index (χ3n) is 5.05. The van der Waals surface area contributed by atoms with Gasteiger partial charge in [0.15, 0.2) is 0 Å². The summed E-state index contributed by atoms with van der Waals surface area (Å²) in [7, 11) is 1.70. The van der Waals surface area contributed by atoms with Crippen molar-refractivity contribution in [3.05, 3.63) is 29.8 Å². The average Bonchev–Trinajstić information content (AvgIpc) is 2.72. The molecule has 0 heterocycles. The lowest BCUT2D eigenvalue weighted by atomic mass is 10.0. The molecule has 2 nitrogen and oxygen atoms in total. The van der Waals surface area contributed by atoms with Crippen LogP contribution in [0.2, 0.25) is 0 Å². The largest absolute Gasteiger partial charge is 0.497 e. The van der Waals surface area contributed by atoms with Crippen LogP contribution >= 0.6 is 0 Å². The highest BCUT2D eigenvalue weighted by Gasteiger charge is 2.64. The van der Waals surface area contributed by atoms with Gasteiger partial charge in [-0.15, -0.1) is 0 Å². The highest BCUT2D eigenvalue weighted by Crippen LogP contribution is 2.63. The Morgan fingerprint density at radius 1 is 1.06 bits per heavy atom. The maximum atomic E-state index is 5.19. The van der Waals surface area contributed by atoms with E-state index in [-0.39, 0.29) is 0 Å². The summed E-state index contributed by atoms with van der Waals surface area (Å²) in [6.07, 6.45) is 0. The predicted octanol–water partition coefficient (Wildman–Crippen LogP) is 3.78. The molecule has 0 bridgehead atoms. The third kappa shape index (κ3) is 2.03. The van der Waals surface area contributed by atoms with Crippen LogP contribution in [0.3, 0.4) is 0 Å². The molecule has 2 heteroatoms. The molecule has 18 heavy (non-hydrogen) atoms. The Labute approximate surface area is 111 Å². The molecule has 100 valence electrons. The fraction of sp³-hybridized carbons (Fsp3) is 0.625. The van der Waals surface area contributed by atoms with Crippen molar-refractivity contribution in [2.24, 2.45) is 10.8 Å². The summed E-state index contributed by atoms with van der Waals surface area (Å²) in [4.78, 5) is 0. The minimum atomic E-state index is 0.377. The van der Waals surface area contributed by atoms with Crippen molar-refractivity contribution in [2.75, 3.05) is 7.11 Å². The minimum Gasteiger partial charge on any atom is -0.497 e. The molecule has 0 spiro atoms. The highest BCUT2D eigenvalue weighted by atomic mass is 16.5. The molecular formula is C16H25NO. The Balaban J connectivity index is 2.02. The first-order valence-electron chi connectivity index (χ1n) is 6.70. The zero-order chi connectivity index (χ0) is 13.6. The molecular weight excluding hydrogens is 222 g/mol. The zero-order valence-electron chi connectivity index (χ0n) is 12.4. The van der Waals surface area contributed by atoms with Crippen LogP contribution in [-0.4, -0.2) is 13.2 Å². The zero-order valence-corrected chi connectivity index (χ0v) is 12.4. The smallest absolute Gasteiger partial charge is 0.118 e. The number of hydrogen-bond acceptors (Lipinski definition) is 2. The Morgan fingerprint density at radius 2 is 1.56 bits per heavy atom. The molecule has 1 atom stereocenters. The molecule has 0 aromatic heterocycles. The summed E-state index contributed by atoms with van der Waals surface area (Å²) in [5.41, 5.74) is 2.08. The molecule has 1 fully saturated rings. The van der Waals surface area contributed by atoms with Crippen LogP contribution in [0.15, 0.2) is 24.3 Å². The van der Waals surface area contributed by atoms with Gasteiger partial charge in [-0.3, -0.25) is 0 Å². The molecule has 1 aromatic rings. The average molecular weight is 247 g/mol. The molecule has 1 unspecified atom stereocenters. The minimum absolute atomic E-state index is 0.377. The van der Waals surface area contributed by atoms with Crippen LogP contribution in [0.4, 0.5) is 0 Å². The van der Waals surface area contributed by atoms with Gasteiger partial charge in [0, 0.05) is 12.1 Å².